The molecule has 3 aromatic carbocycles. The Balaban J connectivity index is 1.42. The van der Waals surface area contributed by atoms with Crippen molar-refractivity contribution in [1.82, 2.24) is 19.2 Å². The highest BCUT2D eigenvalue weighted by molar-refractivity contribution is 6.35. The molecule has 5 aromatic rings. The number of aromatic carboxylic acids is 1. The Labute approximate surface area is 284 Å². The van der Waals surface area contributed by atoms with Gasteiger partial charge in [0.1, 0.15) is 11.4 Å². The van der Waals surface area contributed by atoms with E-state index in [1.807, 2.05) is 68.6 Å². The molecule has 47 heavy (non-hydrogen) atoms. The van der Waals surface area contributed by atoms with Gasteiger partial charge in [-0.15, -0.1) is 0 Å². The highest BCUT2D eigenvalue weighted by Gasteiger charge is 2.36. The highest BCUT2D eigenvalue weighted by atomic mass is 35.5. The lowest BCUT2D eigenvalue weighted by molar-refractivity contribution is 0.0660. The summed E-state index contributed by atoms with van der Waals surface area (Å²) < 4.78 is 10.2. The third kappa shape index (κ3) is 5.89. The van der Waals surface area contributed by atoms with Crippen molar-refractivity contribution in [3.05, 3.63) is 103 Å². The maximum atomic E-state index is 14.5. The highest BCUT2D eigenvalue weighted by Crippen LogP contribution is 2.44. The van der Waals surface area contributed by atoms with Crippen molar-refractivity contribution in [1.29, 1.82) is 0 Å². The third-order valence-electron chi connectivity index (χ3n) is 9.22. The van der Waals surface area contributed by atoms with Crippen molar-refractivity contribution in [3.8, 4) is 16.9 Å². The molecule has 1 N–H and O–H groups in total. The van der Waals surface area contributed by atoms with E-state index in [-0.39, 0.29) is 17.5 Å². The lowest BCUT2D eigenvalue weighted by Crippen LogP contribution is -2.42. The topological polar surface area (TPSA) is 89.6 Å². The molecule has 1 atom stereocenters. The average Bonchev–Trinajstić information content (AvgIpc) is 3.49. The predicted molar refractivity (Wildman–Crippen MR) is 186 cm³/mol. The van der Waals surface area contributed by atoms with Crippen LogP contribution in [0.2, 0.25) is 10.0 Å². The van der Waals surface area contributed by atoms with Crippen molar-refractivity contribution in [2.24, 2.45) is 7.05 Å². The number of fused-ring (bicyclic) bond motifs is 3. The molecule has 2 aromatic heterocycles. The van der Waals surface area contributed by atoms with Crippen molar-refractivity contribution < 1.29 is 19.4 Å². The Morgan fingerprint density at radius 2 is 1.70 bits per heavy atom. The third-order valence-corrected chi connectivity index (χ3v) is 10.1. The zero-order valence-corrected chi connectivity index (χ0v) is 29.0. The summed E-state index contributed by atoms with van der Waals surface area (Å²) in [5.41, 5.74) is 9.32. The van der Waals surface area contributed by atoms with Gasteiger partial charge in [0.05, 0.1) is 28.4 Å². The Kier molecular flexibility index (Phi) is 8.85. The first-order valence-corrected chi connectivity index (χ1v) is 16.5. The second-order valence-electron chi connectivity index (χ2n) is 12.5. The van der Waals surface area contributed by atoms with Crippen LogP contribution in [0.3, 0.4) is 0 Å². The second-order valence-corrected chi connectivity index (χ2v) is 13.3. The van der Waals surface area contributed by atoms with Gasteiger partial charge in [0.2, 0.25) is 0 Å². The van der Waals surface area contributed by atoms with Crippen LogP contribution in [0.25, 0.3) is 22.0 Å². The summed E-state index contributed by atoms with van der Waals surface area (Å²) in [5, 5.41) is 16.4. The number of carboxylic acids is 1. The molecule has 0 aliphatic carbocycles. The van der Waals surface area contributed by atoms with Crippen molar-refractivity contribution in [3.63, 3.8) is 0 Å². The van der Waals surface area contributed by atoms with Gasteiger partial charge in [0.15, 0.2) is 0 Å². The van der Waals surface area contributed by atoms with E-state index in [1.54, 1.807) is 24.3 Å². The molecule has 1 unspecified atom stereocenters. The van der Waals surface area contributed by atoms with Crippen LogP contribution >= 0.6 is 23.2 Å². The number of nitrogens with zero attached hydrogens (tertiary/aromatic N) is 4. The maximum Gasteiger partial charge on any atom is 0.335 e. The maximum absolute atomic E-state index is 14.5. The fourth-order valence-corrected chi connectivity index (χ4v) is 7.27. The minimum atomic E-state index is -0.979. The minimum Gasteiger partial charge on any atom is -0.494 e. The van der Waals surface area contributed by atoms with Gasteiger partial charge in [-0.25, -0.2) is 4.79 Å². The van der Waals surface area contributed by atoms with E-state index < -0.39 is 5.97 Å². The van der Waals surface area contributed by atoms with Gasteiger partial charge in [0.25, 0.3) is 5.91 Å². The molecule has 8 nitrogen and oxygen atoms in total. The van der Waals surface area contributed by atoms with E-state index >= 15 is 0 Å². The summed E-state index contributed by atoms with van der Waals surface area (Å²) in [4.78, 5) is 27.7. The summed E-state index contributed by atoms with van der Waals surface area (Å²) in [7, 11) is 1.93. The first-order chi connectivity index (χ1) is 22.4. The summed E-state index contributed by atoms with van der Waals surface area (Å²) in [6.45, 7) is 11.4. The molecule has 6 rings (SSSR count). The van der Waals surface area contributed by atoms with Crippen LogP contribution in [0.15, 0.2) is 48.5 Å². The van der Waals surface area contributed by atoms with Gasteiger partial charge in [-0.1, -0.05) is 41.4 Å². The van der Waals surface area contributed by atoms with Gasteiger partial charge in [-0.2, -0.15) is 5.10 Å². The van der Waals surface area contributed by atoms with Crippen LogP contribution in [-0.4, -0.2) is 49.4 Å². The molecule has 0 spiro atoms. The zero-order valence-electron chi connectivity index (χ0n) is 27.4. The first kappa shape index (κ1) is 32.7. The van der Waals surface area contributed by atoms with Gasteiger partial charge < -0.3 is 19.3 Å². The van der Waals surface area contributed by atoms with Crippen molar-refractivity contribution in [2.75, 3.05) is 13.2 Å². The number of carboxylic acid groups (broad SMARTS) is 1. The van der Waals surface area contributed by atoms with Crippen molar-refractivity contribution in [2.45, 2.75) is 60.0 Å². The molecule has 1 aliphatic heterocycles. The van der Waals surface area contributed by atoms with Gasteiger partial charge >= 0.3 is 5.97 Å². The summed E-state index contributed by atoms with van der Waals surface area (Å²) in [6, 6.07) is 14.5. The van der Waals surface area contributed by atoms with Crippen LogP contribution in [-0.2, 0) is 20.0 Å². The number of rotatable bonds is 9. The van der Waals surface area contributed by atoms with Crippen LogP contribution < -0.4 is 4.74 Å². The lowest BCUT2D eigenvalue weighted by atomic mass is 9.98. The fraction of sp³-hybridized carbons (Fsp3) is 0.324. The molecule has 0 fully saturated rings. The first-order valence-electron chi connectivity index (χ1n) is 15.7. The normalized spacial score (nSPS) is 14.6. The summed E-state index contributed by atoms with van der Waals surface area (Å²) in [6.07, 6.45) is 1.31. The number of ether oxygens (including phenoxy) is 1. The largest absolute Gasteiger partial charge is 0.494 e. The molecule has 1 amide bonds. The number of amides is 1. The monoisotopic (exact) mass is 672 g/mol. The number of benzene rings is 3. The van der Waals surface area contributed by atoms with Crippen LogP contribution in [0.1, 0.15) is 73.9 Å². The standard InChI is InChI=1S/C37H38Cl2N4O4/c1-20-16-27(17-21(2)33(20)39)47-15-7-8-28-29-13-14-30(38)32(31-23(4)40-41(6)24(31)5)34(29)43-22(3)18-42(36(44)35(28)43)19-25-9-11-26(12-10-25)37(45)46/h9-14,16-17,22H,7-8,15,18-19H2,1-6H3,(H,45,46). The van der Waals surface area contributed by atoms with E-state index in [1.165, 1.54) is 0 Å². The summed E-state index contributed by atoms with van der Waals surface area (Å²) in [5.74, 6) is -0.273. The molecule has 0 radical (unpaired) electrons. The number of carbonyl (C=O) groups is 2. The van der Waals surface area contributed by atoms with E-state index in [2.05, 4.69) is 16.6 Å². The Hall–Kier alpha value is -4.27. The molecule has 1 aliphatic rings. The number of hydrogen-bond donors (Lipinski definition) is 1. The number of halogens is 2. The van der Waals surface area contributed by atoms with Gasteiger partial charge in [-0.3, -0.25) is 9.48 Å². The van der Waals surface area contributed by atoms with E-state index in [9.17, 15) is 14.7 Å². The SMILES string of the molecule is Cc1cc(OCCCc2c3n(c4c(-c5c(C)nn(C)c5C)c(Cl)ccc24)C(C)CN(Cc2ccc(C(=O)O)cc2)C3=O)cc(C)c1Cl. The molecule has 244 valence electrons. The molecule has 3 heterocycles. The number of carbonyl (C=O) groups excluding carboxylic acids is 1. The second kappa shape index (κ2) is 12.7. The molecular formula is C37H38Cl2N4O4. The van der Waals surface area contributed by atoms with E-state index in [0.717, 1.165) is 66.4 Å². The Bertz CT molecular complexity index is 2020. The predicted octanol–water partition coefficient (Wildman–Crippen LogP) is 8.51. The number of hydrogen-bond acceptors (Lipinski definition) is 4. The van der Waals surface area contributed by atoms with Crippen molar-refractivity contribution >= 4 is 46.0 Å². The quantitative estimate of drug-likeness (QED) is 0.159. The zero-order chi connectivity index (χ0) is 33.7. The van der Waals surface area contributed by atoms with E-state index in [0.29, 0.717) is 43.3 Å². The van der Waals surface area contributed by atoms with E-state index in [4.69, 9.17) is 27.9 Å². The lowest BCUT2D eigenvalue weighted by Gasteiger charge is -2.34. The molecule has 0 saturated carbocycles. The minimum absolute atomic E-state index is 0.0528. The Morgan fingerprint density at radius 3 is 2.32 bits per heavy atom. The molecular weight excluding hydrogens is 635 g/mol. The fourth-order valence-electron chi connectivity index (χ4n) is 6.92. The van der Waals surface area contributed by atoms with Gasteiger partial charge in [-0.05, 0) is 100 Å². The number of aromatic nitrogens is 3. The molecule has 10 heteroatoms. The van der Waals surface area contributed by atoms with Crippen LogP contribution in [0.5, 0.6) is 5.75 Å². The summed E-state index contributed by atoms with van der Waals surface area (Å²) >= 11 is 13.4. The van der Waals surface area contributed by atoms with Gasteiger partial charge in [0, 0.05) is 53.4 Å². The average molecular weight is 674 g/mol. The number of aryl methyl sites for hydroxylation is 5. The molecule has 0 saturated heterocycles. The molecule has 0 bridgehead atoms. The van der Waals surface area contributed by atoms with Crippen LogP contribution in [0.4, 0.5) is 0 Å². The van der Waals surface area contributed by atoms with Crippen LogP contribution in [0, 0.1) is 27.7 Å². The smallest absolute Gasteiger partial charge is 0.335 e. The Morgan fingerprint density at radius 1 is 1.02 bits per heavy atom.